The molecule has 2 aromatic rings. The highest BCUT2D eigenvalue weighted by atomic mass is 32.2. The molecule has 134 valence electrons. The molecule has 1 saturated carbocycles. The zero-order valence-corrected chi connectivity index (χ0v) is 15.2. The lowest BCUT2D eigenvalue weighted by atomic mass is 9.92. The molecule has 0 radical (unpaired) electrons. The van der Waals surface area contributed by atoms with Gasteiger partial charge < -0.3 is 0 Å². The van der Waals surface area contributed by atoms with E-state index in [4.69, 9.17) is 0 Å². The van der Waals surface area contributed by atoms with Gasteiger partial charge in [-0.15, -0.1) is 0 Å². The molecule has 1 aliphatic carbocycles. The molecule has 0 saturated heterocycles. The smallest absolute Gasteiger partial charge is 0.202 e. The van der Waals surface area contributed by atoms with E-state index in [-0.39, 0.29) is 12.0 Å². The van der Waals surface area contributed by atoms with Crippen LogP contribution in [0.3, 0.4) is 0 Å². The third kappa shape index (κ3) is 5.66. The Morgan fingerprint density at radius 1 is 0.920 bits per heavy atom. The van der Waals surface area contributed by atoms with Crippen molar-refractivity contribution >= 4 is 10.2 Å². The monoisotopic (exact) mass is 358 g/mol. The maximum Gasteiger partial charge on any atom is 0.277 e. The third-order valence-corrected chi connectivity index (χ3v) is 5.98. The zero-order chi connectivity index (χ0) is 17.5. The van der Waals surface area contributed by atoms with Crippen LogP contribution in [0, 0.1) is 0 Å². The van der Waals surface area contributed by atoms with E-state index in [1.54, 1.807) is 0 Å². The summed E-state index contributed by atoms with van der Waals surface area (Å²) < 4.78 is 30.3. The van der Waals surface area contributed by atoms with Crippen LogP contribution in [0.2, 0.25) is 0 Å². The minimum atomic E-state index is -3.46. The molecule has 0 aliphatic heterocycles. The Balaban J connectivity index is 1.67. The van der Waals surface area contributed by atoms with Crippen LogP contribution in [-0.2, 0) is 16.6 Å². The number of benzene rings is 2. The Morgan fingerprint density at radius 3 is 2.16 bits per heavy atom. The van der Waals surface area contributed by atoms with Crippen LogP contribution in [0.1, 0.15) is 42.7 Å². The lowest BCUT2D eigenvalue weighted by Gasteiger charge is -2.20. The molecule has 5 heteroatoms. The van der Waals surface area contributed by atoms with Gasteiger partial charge in [0.15, 0.2) is 0 Å². The summed E-state index contributed by atoms with van der Waals surface area (Å²) in [6, 6.07) is 20.4. The second-order valence-corrected chi connectivity index (χ2v) is 8.28. The van der Waals surface area contributed by atoms with Gasteiger partial charge in [-0.25, -0.2) is 4.72 Å². The van der Waals surface area contributed by atoms with Crippen molar-refractivity contribution in [3.63, 3.8) is 0 Å². The van der Waals surface area contributed by atoms with Crippen molar-refractivity contribution in [2.75, 3.05) is 6.54 Å². The van der Waals surface area contributed by atoms with Crippen LogP contribution >= 0.6 is 0 Å². The van der Waals surface area contributed by atoms with Crippen molar-refractivity contribution in [1.82, 2.24) is 9.44 Å². The second-order valence-electron chi connectivity index (χ2n) is 6.75. The first-order valence-electron chi connectivity index (χ1n) is 8.98. The Kier molecular flexibility index (Phi) is 6.24. The first-order chi connectivity index (χ1) is 12.1. The first-order valence-corrected chi connectivity index (χ1v) is 10.5. The maximum atomic E-state index is 12.4. The Labute approximate surface area is 150 Å². The van der Waals surface area contributed by atoms with Crippen molar-refractivity contribution in [3.8, 4) is 0 Å². The van der Waals surface area contributed by atoms with Gasteiger partial charge in [0.2, 0.25) is 0 Å². The lowest BCUT2D eigenvalue weighted by Crippen LogP contribution is -2.43. The molecule has 2 N–H and O–H groups in total. The number of rotatable bonds is 8. The lowest BCUT2D eigenvalue weighted by molar-refractivity contribution is 0.531. The molecule has 0 amide bonds. The van der Waals surface area contributed by atoms with E-state index in [1.165, 1.54) is 5.56 Å². The predicted molar refractivity (Wildman–Crippen MR) is 102 cm³/mol. The molecule has 1 fully saturated rings. The topological polar surface area (TPSA) is 58.2 Å². The zero-order valence-electron chi connectivity index (χ0n) is 14.4. The van der Waals surface area contributed by atoms with E-state index in [1.807, 2.05) is 36.4 Å². The minimum absolute atomic E-state index is 0.0850. The SMILES string of the molecule is O=S(=O)(NCC(Cc1ccccc1)c1ccccc1)NC1CCCC1. The highest BCUT2D eigenvalue weighted by Crippen LogP contribution is 2.21. The summed E-state index contributed by atoms with van der Waals surface area (Å²) in [5.41, 5.74) is 2.36. The van der Waals surface area contributed by atoms with Crippen LogP contribution in [0.15, 0.2) is 60.7 Å². The van der Waals surface area contributed by atoms with E-state index >= 15 is 0 Å². The van der Waals surface area contributed by atoms with Gasteiger partial charge in [0, 0.05) is 18.5 Å². The average Bonchev–Trinajstić information content (AvgIpc) is 3.12. The summed E-state index contributed by atoms with van der Waals surface area (Å²) in [5, 5.41) is 0. The van der Waals surface area contributed by atoms with Gasteiger partial charge in [0.1, 0.15) is 0 Å². The Bertz CT molecular complexity index is 742. The summed E-state index contributed by atoms with van der Waals surface area (Å²) in [7, 11) is -3.46. The van der Waals surface area contributed by atoms with Crippen molar-refractivity contribution < 1.29 is 8.42 Å². The van der Waals surface area contributed by atoms with Crippen molar-refractivity contribution in [1.29, 1.82) is 0 Å². The number of nitrogens with one attached hydrogen (secondary N) is 2. The van der Waals surface area contributed by atoms with Gasteiger partial charge in [-0.3, -0.25) is 0 Å². The Hall–Kier alpha value is -1.69. The van der Waals surface area contributed by atoms with Crippen LogP contribution in [0.5, 0.6) is 0 Å². The quantitative estimate of drug-likeness (QED) is 0.760. The largest absolute Gasteiger partial charge is 0.277 e. The summed E-state index contributed by atoms with van der Waals surface area (Å²) >= 11 is 0. The molecule has 2 aromatic carbocycles. The number of hydrogen-bond acceptors (Lipinski definition) is 2. The summed E-state index contributed by atoms with van der Waals surface area (Å²) in [6.45, 7) is 0.390. The van der Waals surface area contributed by atoms with Gasteiger partial charge in [0.05, 0.1) is 0 Å². The van der Waals surface area contributed by atoms with Gasteiger partial charge >= 0.3 is 0 Å². The number of hydrogen-bond donors (Lipinski definition) is 2. The molecule has 1 unspecified atom stereocenters. The van der Waals surface area contributed by atoms with E-state index in [0.29, 0.717) is 6.54 Å². The highest BCUT2D eigenvalue weighted by Gasteiger charge is 2.22. The van der Waals surface area contributed by atoms with Crippen LogP contribution in [-0.4, -0.2) is 21.0 Å². The van der Waals surface area contributed by atoms with Gasteiger partial charge in [-0.1, -0.05) is 73.5 Å². The molecule has 0 aromatic heterocycles. The maximum absolute atomic E-state index is 12.4. The summed E-state index contributed by atoms with van der Waals surface area (Å²) in [5.74, 6) is 0.101. The molecule has 3 rings (SSSR count). The molecular formula is C20H26N2O2S. The van der Waals surface area contributed by atoms with E-state index in [0.717, 1.165) is 37.7 Å². The molecule has 1 aliphatic rings. The fourth-order valence-corrected chi connectivity index (χ4v) is 4.63. The first kappa shape index (κ1) is 18.1. The second kappa shape index (κ2) is 8.61. The normalized spacial score (nSPS) is 16.8. The van der Waals surface area contributed by atoms with E-state index < -0.39 is 10.2 Å². The molecule has 4 nitrogen and oxygen atoms in total. The van der Waals surface area contributed by atoms with Gasteiger partial charge in [0.25, 0.3) is 10.2 Å². The third-order valence-electron chi connectivity index (χ3n) is 4.79. The minimum Gasteiger partial charge on any atom is -0.202 e. The van der Waals surface area contributed by atoms with E-state index in [9.17, 15) is 8.42 Å². The molecule has 0 heterocycles. The molecule has 25 heavy (non-hydrogen) atoms. The van der Waals surface area contributed by atoms with Crippen LogP contribution in [0.25, 0.3) is 0 Å². The van der Waals surface area contributed by atoms with Crippen molar-refractivity contribution in [3.05, 3.63) is 71.8 Å². The average molecular weight is 359 g/mol. The van der Waals surface area contributed by atoms with Crippen molar-refractivity contribution in [2.45, 2.75) is 44.1 Å². The molecule has 0 bridgehead atoms. The van der Waals surface area contributed by atoms with Gasteiger partial charge in [-0.05, 0) is 30.4 Å². The highest BCUT2D eigenvalue weighted by molar-refractivity contribution is 7.87. The van der Waals surface area contributed by atoms with Crippen LogP contribution in [0.4, 0.5) is 0 Å². The van der Waals surface area contributed by atoms with Gasteiger partial charge in [-0.2, -0.15) is 13.1 Å². The standard InChI is InChI=1S/C20H26N2O2S/c23-25(24,22-20-13-7-8-14-20)21-16-19(18-11-5-2-6-12-18)15-17-9-3-1-4-10-17/h1-6,9-12,19-22H,7-8,13-16H2. The Morgan fingerprint density at radius 2 is 1.52 bits per heavy atom. The molecular weight excluding hydrogens is 332 g/mol. The fraction of sp³-hybridized carbons (Fsp3) is 0.400. The molecule has 1 atom stereocenters. The fourth-order valence-electron chi connectivity index (χ4n) is 3.45. The molecule has 0 spiro atoms. The summed E-state index contributed by atoms with van der Waals surface area (Å²) in [4.78, 5) is 0. The summed E-state index contributed by atoms with van der Waals surface area (Å²) in [6.07, 6.45) is 4.89. The predicted octanol–water partition coefficient (Wildman–Crippen LogP) is 3.38. The van der Waals surface area contributed by atoms with Crippen molar-refractivity contribution in [2.24, 2.45) is 0 Å². The van der Waals surface area contributed by atoms with E-state index in [2.05, 4.69) is 33.7 Å². The van der Waals surface area contributed by atoms with Crippen LogP contribution < -0.4 is 9.44 Å².